The molecule has 1 aliphatic carbocycles. The van der Waals surface area contributed by atoms with E-state index < -0.39 is 0 Å². The molecule has 4 rings (SSSR count). The fraction of sp³-hybridized carbons (Fsp3) is 0.688. The Kier molecular flexibility index (Phi) is 8.96. The molecule has 36 heavy (non-hydrogen) atoms. The van der Waals surface area contributed by atoms with Gasteiger partial charge in [0.15, 0.2) is 0 Å². The van der Waals surface area contributed by atoms with Crippen LogP contribution in [0.3, 0.4) is 0 Å². The standard InChI is InChI=1S/C32H49N3O/c1-6-29(32(7-2)20-14-21-35(25(32)5)33-24(3)4)31(36)34-22-19-28(26-15-10-8-11-16-26)23-30(34)27-17-12-9-13-18-27/h8,10-11,15-16,27-30H,5-7,9,12-14,17-23H2,1-4H3/t28-,29+,30+,32-/m1/s1. The normalized spacial score (nSPS) is 28.6. The Bertz CT molecular complexity index is 915. The smallest absolute Gasteiger partial charge is 0.226 e. The van der Waals surface area contributed by atoms with Crippen LogP contribution in [-0.2, 0) is 4.79 Å². The highest BCUT2D eigenvalue weighted by atomic mass is 16.2. The predicted molar refractivity (Wildman–Crippen MR) is 151 cm³/mol. The van der Waals surface area contributed by atoms with Gasteiger partial charge in [-0.1, -0.05) is 70.0 Å². The zero-order valence-electron chi connectivity index (χ0n) is 23.3. The monoisotopic (exact) mass is 491 g/mol. The molecule has 1 amide bonds. The fourth-order valence-corrected chi connectivity index (χ4v) is 7.70. The van der Waals surface area contributed by atoms with Crippen LogP contribution >= 0.6 is 0 Å². The lowest BCUT2D eigenvalue weighted by Crippen LogP contribution is -2.55. The van der Waals surface area contributed by atoms with E-state index in [4.69, 9.17) is 5.10 Å². The zero-order valence-corrected chi connectivity index (χ0v) is 23.3. The van der Waals surface area contributed by atoms with Crippen molar-refractivity contribution in [2.45, 2.75) is 110 Å². The maximum Gasteiger partial charge on any atom is 0.226 e. The lowest BCUT2D eigenvalue weighted by atomic mass is 9.64. The van der Waals surface area contributed by atoms with Crippen LogP contribution in [0.15, 0.2) is 47.7 Å². The van der Waals surface area contributed by atoms with Gasteiger partial charge in [-0.2, -0.15) is 5.10 Å². The van der Waals surface area contributed by atoms with Crippen LogP contribution in [0.2, 0.25) is 0 Å². The lowest BCUT2D eigenvalue weighted by molar-refractivity contribution is -0.147. The second kappa shape index (κ2) is 12.0. The third-order valence-corrected chi connectivity index (χ3v) is 9.60. The second-order valence-electron chi connectivity index (χ2n) is 11.8. The molecule has 0 radical (unpaired) electrons. The first-order valence-corrected chi connectivity index (χ1v) is 14.8. The van der Waals surface area contributed by atoms with Crippen LogP contribution in [-0.4, -0.2) is 40.7 Å². The molecule has 2 aliphatic heterocycles. The highest BCUT2D eigenvalue weighted by Crippen LogP contribution is 2.50. The molecule has 0 unspecified atom stereocenters. The van der Waals surface area contributed by atoms with E-state index in [0.717, 1.165) is 63.0 Å². The first-order chi connectivity index (χ1) is 17.4. The molecule has 2 heterocycles. The number of nitrogens with zero attached hydrogens (tertiary/aromatic N) is 3. The largest absolute Gasteiger partial charge is 0.339 e. The number of carbonyl (C=O) groups is 1. The van der Waals surface area contributed by atoms with Crippen molar-refractivity contribution < 1.29 is 4.79 Å². The summed E-state index contributed by atoms with van der Waals surface area (Å²) in [7, 11) is 0. The lowest BCUT2D eigenvalue weighted by Gasteiger charge is -2.51. The van der Waals surface area contributed by atoms with Gasteiger partial charge in [0, 0.05) is 41.9 Å². The highest BCUT2D eigenvalue weighted by Gasteiger charge is 2.49. The third-order valence-electron chi connectivity index (χ3n) is 9.60. The van der Waals surface area contributed by atoms with Crippen LogP contribution in [0.5, 0.6) is 0 Å². The van der Waals surface area contributed by atoms with Crippen LogP contribution in [0.4, 0.5) is 0 Å². The number of rotatable bonds is 7. The van der Waals surface area contributed by atoms with E-state index in [1.165, 1.54) is 37.7 Å². The van der Waals surface area contributed by atoms with Crippen molar-refractivity contribution in [3.63, 3.8) is 0 Å². The summed E-state index contributed by atoms with van der Waals surface area (Å²) in [5, 5.41) is 6.92. The molecule has 4 nitrogen and oxygen atoms in total. The summed E-state index contributed by atoms with van der Waals surface area (Å²) in [5.74, 6) is 1.57. The molecule has 0 spiro atoms. The summed E-state index contributed by atoms with van der Waals surface area (Å²) >= 11 is 0. The number of likely N-dealkylation sites (tertiary alicyclic amines) is 1. The summed E-state index contributed by atoms with van der Waals surface area (Å²) in [6.07, 6.45) is 12.6. The van der Waals surface area contributed by atoms with Crippen LogP contribution in [0.25, 0.3) is 0 Å². The van der Waals surface area contributed by atoms with E-state index in [9.17, 15) is 4.79 Å². The molecule has 0 bridgehead atoms. The van der Waals surface area contributed by atoms with Crippen LogP contribution in [0, 0.1) is 17.3 Å². The Labute approximate surface area is 220 Å². The molecule has 198 valence electrons. The summed E-state index contributed by atoms with van der Waals surface area (Å²) < 4.78 is 0. The number of piperidine rings is 2. The van der Waals surface area contributed by atoms with Gasteiger partial charge >= 0.3 is 0 Å². The number of hydrogen-bond donors (Lipinski definition) is 0. The second-order valence-corrected chi connectivity index (χ2v) is 11.8. The zero-order chi connectivity index (χ0) is 25.7. The van der Waals surface area contributed by atoms with E-state index in [2.05, 4.69) is 60.7 Å². The third kappa shape index (κ3) is 5.43. The van der Waals surface area contributed by atoms with Crippen molar-refractivity contribution in [2.75, 3.05) is 13.1 Å². The van der Waals surface area contributed by atoms with Gasteiger partial charge in [-0.15, -0.1) is 0 Å². The molecule has 1 aromatic rings. The van der Waals surface area contributed by atoms with E-state index in [1.807, 2.05) is 13.8 Å². The average Bonchev–Trinajstić information content (AvgIpc) is 2.91. The molecule has 4 heteroatoms. The average molecular weight is 492 g/mol. The van der Waals surface area contributed by atoms with Gasteiger partial charge in [-0.25, -0.2) is 0 Å². The summed E-state index contributed by atoms with van der Waals surface area (Å²) in [6.45, 7) is 14.9. The number of carbonyl (C=O) groups excluding carboxylic acids is 1. The Morgan fingerprint density at radius 1 is 1.06 bits per heavy atom. The van der Waals surface area contributed by atoms with E-state index in [1.54, 1.807) is 0 Å². The minimum absolute atomic E-state index is 0.0236. The maximum absolute atomic E-state index is 14.6. The Balaban J connectivity index is 1.62. The van der Waals surface area contributed by atoms with Gasteiger partial charge in [0.1, 0.15) is 0 Å². The molecule has 0 N–H and O–H groups in total. The highest BCUT2D eigenvalue weighted by molar-refractivity contribution is 5.81. The Hall–Kier alpha value is -2.10. The number of hydrogen-bond acceptors (Lipinski definition) is 3. The van der Waals surface area contributed by atoms with Gasteiger partial charge in [0.2, 0.25) is 5.91 Å². The molecule has 0 aromatic heterocycles. The molecular formula is C32H49N3O. The first kappa shape index (κ1) is 26.9. The minimum atomic E-state index is -0.198. The van der Waals surface area contributed by atoms with Gasteiger partial charge in [0.25, 0.3) is 0 Å². The summed E-state index contributed by atoms with van der Waals surface area (Å²) in [4.78, 5) is 17.0. The van der Waals surface area contributed by atoms with Gasteiger partial charge in [-0.05, 0) is 82.6 Å². The van der Waals surface area contributed by atoms with E-state index >= 15 is 0 Å². The number of amides is 1. The minimum Gasteiger partial charge on any atom is -0.339 e. The molecule has 2 saturated heterocycles. The fourth-order valence-electron chi connectivity index (χ4n) is 7.70. The van der Waals surface area contributed by atoms with Crippen LogP contribution < -0.4 is 0 Å². The van der Waals surface area contributed by atoms with Gasteiger partial charge in [0.05, 0.1) is 0 Å². The molecule has 1 saturated carbocycles. The van der Waals surface area contributed by atoms with E-state index in [0.29, 0.717) is 23.8 Å². The molecule has 3 fully saturated rings. The Morgan fingerprint density at radius 2 is 1.78 bits per heavy atom. The molecule has 3 aliphatic rings. The van der Waals surface area contributed by atoms with Crippen molar-refractivity contribution in [1.82, 2.24) is 9.91 Å². The Morgan fingerprint density at radius 3 is 2.42 bits per heavy atom. The summed E-state index contributed by atoms with van der Waals surface area (Å²) in [5.41, 5.74) is 3.36. The maximum atomic E-state index is 14.6. The van der Waals surface area contributed by atoms with Crippen molar-refractivity contribution in [3.8, 4) is 0 Å². The van der Waals surface area contributed by atoms with Crippen molar-refractivity contribution in [1.29, 1.82) is 0 Å². The van der Waals surface area contributed by atoms with E-state index in [-0.39, 0.29) is 11.3 Å². The topological polar surface area (TPSA) is 35.9 Å². The summed E-state index contributed by atoms with van der Waals surface area (Å²) in [6, 6.07) is 11.4. The quantitative estimate of drug-likeness (QED) is 0.365. The molecule has 1 aromatic carbocycles. The number of hydrazone groups is 1. The number of allylic oxidation sites excluding steroid dienone is 1. The molecular weight excluding hydrogens is 442 g/mol. The van der Waals surface area contributed by atoms with Crippen molar-refractivity contribution in [3.05, 3.63) is 48.2 Å². The van der Waals surface area contributed by atoms with Crippen LogP contribution in [0.1, 0.15) is 110 Å². The first-order valence-electron chi connectivity index (χ1n) is 14.8. The van der Waals surface area contributed by atoms with Crippen molar-refractivity contribution in [2.24, 2.45) is 22.4 Å². The number of benzene rings is 1. The van der Waals surface area contributed by atoms with Crippen molar-refractivity contribution >= 4 is 11.6 Å². The molecule has 4 atom stereocenters. The van der Waals surface area contributed by atoms with Gasteiger partial charge < -0.3 is 4.90 Å². The van der Waals surface area contributed by atoms with Gasteiger partial charge in [-0.3, -0.25) is 9.80 Å². The predicted octanol–water partition coefficient (Wildman–Crippen LogP) is 7.77. The SMILES string of the molecule is C=C1N(N=C(C)C)CCC[C@@]1(CC)[C@@H](CC)C(=O)N1CC[C@@H](c2ccccc2)C[C@H]1C1CCCCC1.